The van der Waals surface area contributed by atoms with Crippen molar-refractivity contribution in [3.63, 3.8) is 0 Å². The third-order valence-corrected chi connectivity index (χ3v) is 7.65. The van der Waals surface area contributed by atoms with Gasteiger partial charge in [0.1, 0.15) is 6.10 Å². The van der Waals surface area contributed by atoms with Crippen LogP contribution in [-0.4, -0.2) is 49.1 Å². The van der Waals surface area contributed by atoms with Gasteiger partial charge in [-0.15, -0.1) is 0 Å². The van der Waals surface area contributed by atoms with Gasteiger partial charge in [-0.3, -0.25) is 4.79 Å². The van der Waals surface area contributed by atoms with Crippen molar-refractivity contribution in [1.82, 2.24) is 4.90 Å². The lowest BCUT2D eigenvalue weighted by molar-refractivity contribution is -0.148. The van der Waals surface area contributed by atoms with Gasteiger partial charge in [0, 0.05) is 24.5 Å². The minimum atomic E-state index is -0.0750. The number of allylic oxidation sites excluding steroid dienone is 12. The summed E-state index contributed by atoms with van der Waals surface area (Å²) in [5, 5.41) is 0. The minimum absolute atomic E-state index is 0.0544. The van der Waals surface area contributed by atoms with E-state index in [2.05, 4.69) is 91.7 Å². The van der Waals surface area contributed by atoms with Crippen molar-refractivity contribution >= 4 is 27.6 Å². The average molecular weight is 548 g/mol. The molecule has 0 spiro atoms. The van der Waals surface area contributed by atoms with Gasteiger partial charge >= 0.3 is 5.97 Å². The van der Waals surface area contributed by atoms with Gasteiger partial charge in [-0.2, -0.15) is 0 Å². The monoisotopic (exact) mass is 547 g/mol. The molecule has 0 aromatic rings. The number of carbonyl (C=O) groups is 1. The summed E-state index contributed by atoms with van der Waals surface area (Å²) in [6.45, 7) is 5.08. The Morgan fingerprint density at radius 2 is 1.19 bits per heavy atom. The quantitative estimate of drug-likeness (QED) is 0.0519. The van der Waals surface area contributed by atoms with Gasteiger partial charge < -0.3 is 9.64 Å². The summed E-state index contributed by atoms with van der Waals surface area (Å²) in [6, 6.07) is 0. The molecule has 210 valence electrons. The Morgan fingerprint density at radius 1 is 0.703 bits per heavy atom. The van der Waals surface area contributed by atoms with Crippen molar-refractivity contribution in [3.8, 4) is 0 Å². The maximum atomic E-state index is 12.3. The highest BCUT2D eigenvalue weighted by molar-refractivity contribution is 8.76. The fourth-order valence-electron chi connectivity index (χ4n) is 3.24. The largest absolute Gasteiger partial charge is 0.460 e. The topological polar surface area (TPSA) is 29.5 Å². The number of likely N-dealkylation sites (N-methyl/N-ethyl adjacent to an activating group) is 1. The Bertz CT molecular complexity index is 693. The Hall–Kier alpha value is -1.43. The van der Waals surface area contributed by atoms with E-state index in [0.717, 1.165) is 75.8 Å². The number of nitrogens with zero attached hydrogens (tertiary/aromatic N) is 1. The van der Waals surface area contributed by atoms with Crippen LogP contribution in [0, 0.1) is 0 Å². The van der Waals surface area contributed by atoms with Crippen molar-refractivity contribution in [3.05, 3.63) is 72.9 Å². The smallest absolute Gasteiger partial charge is 0.306 e. The molecule has 0 aliphatic rings. The summed E-state index contributed by atoms with van der Waals surface area (Å²) in [5.74, 6) is 1.88. The molecule has 0 aromatic heterocycles. The first-order valence-electron chi connectivity index (χ1n) is 14.1. The van der Waals surface area contributed by atoms with Crippen LogP contribution in [0.5, 0.6) is 0 Å². The SMILES string of the molecule is CC/C=C/C/C=C/C/C=C/CCCSSCC(CN(C)C)OC(=O)CCC/C=C/C/C=C/C/C=C/CC. The molecule has 0 radical (unpaired) electrons. The van der Waals surface area contributed by atoms with Crippen LogP contribution < -0.4 is 0 Å². The van der Waals surface area contributed by atoms with E-state index in [4.69, 9.17) is 4.74 Å². The van der Waals surface area contributed by atoms with Crippen LogP contribution in [0.4, 0.5) is 0 Å². The van der Waals surface area contributed by atoms with Gasteiger partial charge in [-0.1, -0.05) is 108 Å². The van der Waals surface area contributed by atoms with Crippen molar-refractivity contribution in [2.75, 3.05) is 32.1 Å². The van der Waals surface area contributed by atoms with Gasteiger partial charge in [0.25, 0.3) is 0 Å². The third kappa shape index (κ3) is 29.0. The fraction of sp³-hybridized carbons (Fsp3) is 0.594. The second kappa shape index (κ2) is 29.1. The highest BCUT2D eigenvalue weighted by Crippen LogP contribution is 2.24. The zero-order valence-corrected chi connectivity index (χ0v) is 25.6. The molecule has 5 heteroatoms. The first-order valence-corrected chi connectivity index (χ1v) is 16.6. The van der Waals surface area contributed by atoms with Crippen molar-refractivity contribution in [2.45, 2.75) is 90.6 Å². The Balaban J connectivity index is 3.92. The summed E-state index contributed by atoms with van der Waals surface area (Å²) in [5.41, 5.74) is 0. The maximum Gasteiger partial charge on any atom is 0.306 e. The summed E-state index contributed by atoms with van der Waals surface area (Å²) >= 11 is 0. The summed E-state index contributed by atoms with van der Waals surface area (Å²) in [7, 11) is 7.76. The standard InChI is InChI=1S/C32H53NO2S2/c1-5-7-9-11-13-15-17-19-21-23-25-27-32(34)35-31(29-33(3)4)30-37-36-28-26-24-22-20-18-16-14-12-10-8-6-2/h7-10,13-16,19-22,31H,5-6,11-12,17-18,23-30H2,1-4H3/b9-7+,10-8+,15-13+,16-14+,21-19+,22-20+. The zero-order chi connectivity index (χ0) is 27.2. The molecule has 37 heavy (non-hydrogen) atoms. The van der Waals surface area contributed by atoms with Gasteiger partial charge in [-0.25, -0.2) is 0 Å². The number of ether oxygens (including phenoxy) is 1. The molecule has 0 heterocycles. The van der Waals surface area contributed by atoms with Crippen molar-refractivity contribution in [1.29, 1.82) is 0 Å². The van der Waals surface area contributed by atoms with E-state index in [1.165, 1.54) is 6.42 Å². The van der Waals surface area contributed by atoms with E-state index in [0.29, 0.717) is 6.42 Å². The summed E-state index contributed by atoms with van der Waals surface area (Å²) in [6.07, 6.45) is 37.2. The van der Waals surface area contributed by atoms with E-state index >= 15 is 0 Å². The molecule has 3 nitrogen and oxygen atoms in total. The van der Waals surface area contributed by atoms with Crippen LogP contribution >= 0.6 is 21.6 Å². The van der Waals surface area contributed by atoms with Crippen LogP contribution in [0.1, 0.15) is 84.5 Å². The number of hydrogen-bond acceptors (Lipinski definition) is 5. The van der Waals surface area contributed by atoms with Gasteiger partial charge in [0.2, 0.25) is 0 Å². The van der Waals surface area contributed by atoms with Crippen LogP contribution in [-0.2, 0) is 9.53 Å². The van der Waals surface area contributed by atoms with Crippen molar-refractivity contribution < 1.29 is 9.53 Å². The lowest BCUT2D eigenvalue weighted by Gasteiger charge is -2.21. The molecule has 0 aliphatic heterocycles. The van der Waals surface area contributed by atoms with Crippen LogP contribution in [0.15, 0.2) is 72.9 Å². The first-order chi connectivity index (χ1) is 18.1. The fourth-order valence-corrected chi connectivity index (χ4v) is 5.51. The zero-order valence-electron chi connectivity index (χ0n) is 24.0. The molecule has 0 aromatic carbocycles. The molecule has 0 N–H and O–H groups in total. The minimum Gasteiger partial charge on any atom is -0.460 e. The van der Waals surface area contributed by atoms with Crippen LogP contribution in [0.2, 0.25) is 0 Å². The molecule has 0 fully saturated rings. The van der Waals surface area contributed by atoms with Crippen LogP contribution in [0.3, 0.4) is 0 Å². The molecule has 0 aliphatic carbocycles. The van der Waals surface area contributed by atoms with E-state index in [1.807, 2.05) is 35.7 Å². The predicted octanol–water partition coefficient (Wildman–Crippen LogP) is 9.51. The second-order valence-corrected chi connectivity index (χ2v) is 11.7. The molecule has 1 unspecified atom stereocenters. The predicted molar refractivity (Wildman–Crippen MR) is 170 cm³/mol. The lowest BCUT2D eigenvalue weighted by atomic mass is 10.2. The number of carbonyl (C=O) groups excluding carboxylic acids is 1. The van der Waals surface area contributed by atoms with Gasteiger partial charge in [-0.05, 0) is 78.3 Å². The lowest BCUT2D eigenvalue weighted by Crippen LogP contribution is -2.32. The molecule has 0 rings (SSSR count). The van der Waals surface area contributed by atoms with E-state index in [1.54, 1.807) is 0 Å². The van der Waals surface area contributed by atoms with Gasteiger partial charge in [0.15, 0.2) is 0 Å². The maximum absolute atomic E-state index is 12.3. The summed E-state index contributed by atoms with van der Waals surface area (Å²) < 4.78 is 5.79. The number of hydrogen-bond donors (Lipinski definition) is 0. The van der Waals surface area contributed by atoms with Crippen molar-refractivity contribution in [2.24, 2.45) is 0 Å². The highest BCUT2D eigenvalue weighted by Gasteiger charge is 2.15. The molecule has 0 saturated heterocycles. The number of esters is 1. The molecular formula is C32H53NO2S2. The van der Waals surface area contributed by atoms with Gasteiger partial charge in [0.05, 0.1) is 0 Å². The summed E-state index contributed by atoms with van der Waals surface area (Å²) in [4.78, 5) is 14.4. The van der Waals surface area contributed by atoms with E-state index in [-0.39, 0.29) is 12.1 Å². The third-order valence-electron chi connectivity index (χ3n) is 5.11. The highest BCUT2D eigenvalue weighted by atomic mass is 33.1. The molecule has 0 bridgehead atoms. The van der Waals surface area contributed by atoms with E-state index in [9.17, 15) is 4.79 Å². The number of unbranched alkanes of at least 4 members (excludes halogenated alkanes) is 2. The molecule has 0 amide bonds. The van der Waals surface area contributed by atoms with Crippen LogP contribution in [0.25, 0.3) is 0 Å². The Labute approximate surface area is 237 Å². The molecule has 0 saturated carbocycles. The molecule has 1 atom stereocenters. The first kappa shape index (κ1) is 35.6. The van der Waals surface area contributed by atoms with E-state index < -0.39 is 0 Å². The normalized spacial score (nSPS) is 13.6. The average Bonchev–Trinajstić information content (AvgIpc) is 2.87. The Morgan fingerprint density at radius 3 is 1.70 bits per heavy atom. The second-order valence-electron chi connectivity index (χ2n) is 9.10. The number of rotatable bonds is 24. The Kier molecular flexibility index (Phi) is 28.0. The molecular weight excluding hydrogens is 494 g/mol.